The molecule has 1 atom stereocenters. The first-order valence-corrected chi connectivity index (χ1v) is 6.81. The number of ether oxygens (including phenoxy) is 2. The van der Waals surface area contributed by atoms with Gasteiger partial charge in [-0.25, -0.2) is 0 Å². The van der Waals surface area contributed by atoms with Gasteiger partial charge < -0.3 is 19.7 Å². The van der Waals surface area contributed by atoms with Crippen molar-refractivity contribution in [1.29, 1.82) is 0 Å². The van der Waals surface area contributed by atoms with Crippen LogP contribution in [-0.2, 0) is 14.3 Å². The molecule has 0 aromatic heterocycles. The summed E-state index contributed by atoms with van der Waals surface area (Å²) in [7, 11) is 3.40. The Morgan fingerprint density at radius 3 is 2.95 bits per heavy atom. The van der Waals surface area contributed by atoms with E-state index >= 15 is 0 Å². The highest BCUT2D eigenvalue weighted by Crippen LogP contribution is 2.13. The topological polar surface area (TPSA) is 63.2 Å². The van der Waals surface area contributed by atoms with E-state index in [-0.39, 0.29) is 5.97 Å². The van der Waals surface area contributed by atoms with Crippen LogP contribution in [0.2, 0.25) is 0 Å². The Morgan fingerprint density at radius 1 is 1.58 bits per heavy atom. The number of guanidine groups is 1. The molecule has 1 heterocycles. The number of rotatable bonds is 6. The van der Waals surface area contributed by atoms with Gasteiger partial charge in [0.05, 0.1) is 26.7 Å². The fourth-order valence-electron chi connectivity index (χ4n) is 2.03. The highest BCUT2D eigenvalue weighted by molar-refractivity contribution is 5.80. The van der Waals surface area contributed by atoms with Crippen LogP contribution in [0.15, 0.2) is 4.99 Å². The van der Waals surface area contributed by atoms with Crippen LogP contribution in [0.5, 0.6) is 0 Å². The van der Waals surface area contributed by atoms with Crippen LogP contribution in [0.3, 0.4) is 0 Å². The van der Waals surface area contributed by atoms with E-state index in [1.807, 2.05) is 14.0 Å². The minimum Gasteiger partial charge on any atom is -0.469 e. The third kappa shape index (κ3) is 5.92. The molecule has 1 unspecified atom stereocenters. The highest BCUT2D eigenvalue weighted by atomic mass is 16.5. The van der Waals surface area contributed by atoms with E-state index in [1.165, 1.54) is 7.11 Å². The van der Waals surface area contributed by atoms with Crippen molar-refractivity contribution in [3.63, 3.8) is 0 Å². The minimum absolute atomic E-state index is 0.230. The zero-order valence-electron chi connectivity index (χ0n) is 12.1. The average Bonchev–Trinajstić information content (AvgIpc) is 2.90. The maximum atomic E-state index is 11.1. The Bertz CT molecular complexity index is 302. The summed E-state index contributed by atoms with van der Waals surface area (Å²) in [5, 5.41) is 3.23. The van der Waals surface area contributed by atoms with Gasteiger partial charge >= 0.3 is 5.97 Å². The molecule has 0 aromatic rings. The smallest absolute Gasteiger partial charge is 0.307 e. The minimum atomic E-state index is -0.230. The molecular formula is C13H25N3O3. The molecule has 1 aliphatic rings. The Morgan fingerprint density at radius 2 is 2.37 bits per heavy atom. The summed E-state index contributed by atoms with van der Waals surface area (Å²) in [5.41, 5.74) is 0. The molecule has 6 nitrogen and oxygen atoms in total. The van der Waals surface area contributed by atoms with E-state index in [1.54, 1.807) is 0 Å². The summed E-state index contributed by atoms with van der Waals surface area (Å²) >= 11 is 0. The summed E-state index contributed by atoms with van der Waals surface area (Å²) in [6.45, 7) is 5.88. The zero-order valence-corrected chi connectivity index (χ0v) is 12.1. The van der Waals surface area contributed by atoms with Crippen LogP contribution in [0.25, 0.3) is 0 Å². The summed E-state index contributed by atoms with van der Waals surface area (Å²) in [5.74, 6) is 1.17. The Kier molecular flexibility index (Phi) is 7.25. The maximum absolute atomic E-state index is 11.1. The second-order valence-corrected chi connectivity index (χ2v) is 4.67. The number of aliphatic imine (C=N–C) groups is 1. The molecular weight excluding hydrogens is 246 g/mol. The van der Waals surface area contributed by atoms with Crippen molar-refractivity contribution in [2.24, 2.45) is 10.9 Å². The van der Waals surface area contributed by atoms with Crippen LogP contribution >= 0.6 is 0 Å². The zero-order chi connectivity index (χ0) is 14.1. The van der Waals surface area contributed by atoms with Crippen LogP contribution in [-0.4, -0.2) is 63.8 Å². The molecule has 0 amide bonds. The number of nitrogens with zero attached hydrogens (tertiary/aromatic N) is 2. The number of carbonyl (C=O) groups is 1. The molecule has 110 valence electrons. The summed E-state index contributed by atoms with van der Waals surface area (Å²) < 4.78 is 9.98. The van der Waals surface area contributed by atoms with Gasteiger partial charge in [0.25, 0.3) is 0 Å². The molecule has 0 aromatic carbocycles. The van der Waals surface area contributed by atoms with Crippen molar-refractivity contribution in [2.75, 3.05) is 47.0 Å². The Balaban J connectivity index is 2.44. The van der Waals surface area contributed by atoms with Gasteiger partial charge in [0, 0.05) is 32.7 Å². The van der Waals surface area contributed by atoms with Gasteiger partial charge in [0.2, 0.25) is 0 Å². The number of hydrogen-bond acceptors (Lipinski definition) is 4. The molecule has 0 aliphatic carbocycles. The van der Waals surface area contributed by atoms with Gasteiger partial charge in [-0.1, -0.05) is 0 Å². The highest BCUT2D eigenvalue weighted by Gasteiger charge is 2.18. The molecule has 0 spiro atoms. The van der Waals surface area contributed by atoms with Crippen molar-refractivity contribution < 1.29 is 14.3 Å². The van der Waals surface area contributed by atoms with Crippen LogP contribution in [0.1, 0.15) is 19.8 Å². The van der Waals surface area contributed by atoms with Crippen molar-refractivity contribution in [3.8, 4) is 0 Å². The van der Waals surface area contributed by atoms with Crippen LogP contribution < -0.4 is 5.32 Å². The molecule has 1 rings (SSSR count). The number of nitrogens with one attached hydrogen (secondary N) is 1. The van der Waals surface area contributed by atoms with Crippen molar-refractivity contribution in [2.45, 2.75) is 19.8 Å². The summed E-state index contributed by atoms with van der Waals surface area (Å²) in [6, 6.07) is 0. The molecule has 1 saturated heterocycles. The van der Waals surface area contributed by atoms with Crippen LogP contribution in [0.4, 0.5) is 0 Å². The molecule has 1 N–H and O–H groups in total. The molecule has 0 bridgehead atoms. The van der Waals surface area contributed by atoms with E-state index in [4.69, 9.17) is 4.74 Å². The van der Waals surface area contributed by atoms with E-state index in [2.05, 4.69) is 19.9 Å². The number of hydrogen-bond donors (Lipinski definition) is 1. The SMILES string of the molecule is CCNC(=NCCC(=O)OC)N(C)CC1CCOC1. The number of esters is 1. The van der Waals surface area contributed by atoms with Gasteiger partial charge in [-0.15, -0.1) is 0 Å². The van der Waals surface area contributed by atoms with Crippen molar-refractivity contribution in [1.82, 2.24) is 10.2 Å². The molecule has 0 radical (unpaired) electrons. The van der Waals surface area contributed by atoms with Gasteiger partial charge in [-0.2, -0.15) is 0 Å². The van der Waals surface area contributed by atoms with E-state index in [0.717, 1.165) is 38.7 Å². The lowest BCUT2D eigenvalue weighted by Crippen LogP contribution is -2.41. The molecule has 19 heavy (non-hydrogen) atoms. The second kappa shape index (κ2) is 8.74. The predicted molar refractivity (Wildman–Crippen MR) is 74.2 cm³/mol. The third-order valence-corrected chi connectivity index (χ3v) is 3.06. The Labute approximate surface area is 115 Å². The van der Waals surface area contributed by atoms with Gasteiger partial charge in [-0.05, 0) is 13.3 Å². The summed E-state index contributed by atoms with van der Waals surface area (Å²) in [6.07, 6.45) is 1.41. The predicted octanol–water partition coefficient (Wildman–Crippen LogP) is 0.483. The quantitative estimate of drug-likeness (QED) is 0.432. The van der Waals surface area contributed by atoms with Gasteiger partial charge in [0.1, 0.15) is 0 Å². The summed E-state index contributed by atoms with van der Waals surface area (Å²) in [4.78, 5) is 17.6. The van der Waals surface area contributed by atoms with Gasteiger partial charge in [0.15, 0.2) is 5.96 Å². The standard InChI is InChI=1S/C13H25N3O3/c1-4-14-13(15-7-5-12(17)18-3)16(2)9-11-6-8-19-10-11/h11H,4-10H2,1-3H3,(H,14,15). The average molecular weight is 271 g/mol. The molecule has 0 saturated carbocycles. The monoisotopic (exact) mass is 271 g/mol. The first kappa shape index (κ1) is 15.8. The first-order chi connectivity index (χ1) is 9.17. The first-order valence-electron chi connectivity index (χ1n) is 6.81. The fraction of sp³-hybridized carbons (Fsp3) is 0.846. The third-order valence-electron chi connectivity index (χ3n) is 3.06. The largest absolute Gasteiger partial charge is 0.469 e. The lowest BCUT2D eigenvalue weighted by molar-refractivity contribution is -0.140. The molecule has 1 fully saturated rings. The fourth-order valence-corrected chi connectivity index (χ4v) is 2.03. The second-order valence-electron chi connectivity index (χ2n) is 4.67. The van der Waals surface area contributed by atoms with E-state index in [9.17, 15) is 4.79 Å². The van der Waals surface area contributed by atoms with Crippen molar-refractivity contribution in [3.05, 3.63) is 0 Å². The van der Waals surface area contributed by atoms with E-state index in [0.29, 0.717) is 18.9 Å². The van der Waals surface area contributed by atoms with E-state index < -0.39 is 0 Å². The van der Waals surface area contributed by atoms with Crippen molar-refractivity contribution >= 4 is 11.9 Å². The molecule has 1 aliphatic heterocycles. The number of methoxy groups -OCH3 is 1. The maximum Gasteiger partial charge on any atom is 0.307 e. The molecule has 6 heteroatoms. The lowest BCUT2D eigenvalue weighted by Gasteiger charge is -2.24. The normalized spacial score (nSPS) is 19.3. The number of carbonyl (C=O) groups excluding carboxylic acids is 1. The lowest BCUT2D eigenvalue weighted by atomic mass is 10.1. The Hall–Kier alpha value is -1.30. The van der Waals surface area contributed by atoms with Crippen LogP contribution in [0, 0.1) is 5.92 Å². The van der Waals surface area contributed by atoms with Gasteiger partial charge in [-0.3, -0.25) is 9.79 Å².